The first-order valence-corrected chi connectivity index (χ1v) is 10.7. The number of hydrogen-bond donors (Lipinski definition) is 8. The molecule has 10 N–H and O–H groups in total. The lowest BCUT2D eigenvalue weighted by molar-refractivity contribution is -0.137. The number of nitrogens with two attached hydrogens (primary N) is 2. The fourth-order valence-corrected chi connectivity index (χ4v) is 3.80. The van der Waals surface area contributed by atoms with Gasteiger partial charge in [-0.15, -0.1) is 0 Å². The Bertz CT molecular complexity index is 1220. The van der Waals surface area contributed by atoms with Gasteiger partial charge in [0.2, 0.25) is 5.91 Å². The van der Waals surface area contributed by atoms with Crippen LogP contribution in [0.2, 0.25) is 5.02 Å². The number of aromatic hydroxyl groups is 1. The van der Waals surface area contributed by atoms with Crippen LogP contribution in [0.3, 0.4) is 0 Å². The lowest BCUT2D eigenvalue weighted by Crippen LogP contribution is -2.37. The van der Waals surface area contributed by atoms with Crippen molar-refractivity contribution in [3.63, 3.8) is 0 Å². The molecule has 0 aliphatic carbocycles. The van der Waals surface area contributed by atoms with Crippen LogP contribution in [0.25, 0.3) is 5.70 Å². The Hall–Kier alpha value is -3.84. The predicted octanol–water partition coefficient (Wildman–Crippen LogP) is 1.09. The molecular formula is C19H19ClIN9O4. The summed E-state index contributed by atoms with van der Waals surface area (Å²) in [5.74, 6) is -2.81. The molecule has 0 saturated carbocycles. The van der Waals surface area contributed by atoms with Gasteiger partial charge in [-0.3, -0.25) is 15.0 Å². The molecule has 0 aliphatic heterocycles. The number of nitriles is 1. The number of carboxylic acids is 1. The van der Waals surface area contributed by atoms with Gasteiger partial charge in [0.1, 0.15) is 17.5 Å². The highest BCUT2D eigenvalue weighted by molar-refractivity contribution is 14.1. The molecule has 1 atom stereocenters. The zero-order valence-electron chi connectivity index (χ0n) is 17.3. The van der Waals surface area contributed by atoms with Crippen LogP contribution in [-0.4, -0.2) is 44.6 Å². The number of benzene rings is 1. The zero-order valence-corrected chi connectivity index (χ0v) is 20.2. The lowest BCUT2D eigenvalue weighted by atomic mass is 10.0. The second-order valence-corrected chi connectivity index (χ2v) is 8.28. The number of nitrogen functional groups attached to an aromatic ring is 1. The van der Waals surface area contributed by atoms with Crippen molar-refractivity contribution in [2.75, 3.05) is 17.6 Å². The fraction of sp³-hybridized carbons (Fsp3) is 0.158. The lowest BCUT2D eigenvalue weighted by Gasteiger charge is -2.20. The number of phenols is 1. The first kappa shape index (κ1) is 26.4. The zero-order chi connectivity index (χ0) is 25.6. The molecule has 1 aromatic heterocycles. The summed E-state index contributed by atoms with van der Waals surface area (Å²) in [6.45, 7) is 3.36. The topological polar surface area (TPSA) is 236 Å². The Balaban J connectivity index is 2.18. The number of aromatic nitrogens is 2. The Labute approximate surface area is 211 Å². The first-order valence-electron chi connectivity index (χ1n) is 9.23. The van der Waals surface area contributed by atoms with Crippen molar-refractivity contribution in [1.82, 2.24) is 20.6 Å². The summed E-state index contributed by atoms with van der Waals surface area (Å²) in [7, 11) is 0. The average molecular weight is 600 g/mol. The number of rotatable bonds is 9. The maximum atomic E-state index is 12.5. The van der Waals surface area contributed by atoms with E-state index in [1.807, 2.05) is 22.6 Å². The van der Waals surface area contributed by atoms with Gasteiger partial charge in [-0.25, -0.2) is 9.97 Å². The second kappa shape index (κ2) is 11.3. The van der Waals surface area contributed by atoms with Crippen LogP contribution in [0.5, 0.6) is 5.75 Å². The van der Waals surface area contributed by atoms with E-state index < -0.39 is 30.3 Å². The number of hydrogen-bond acceptors (Lipinski definition) is 9. The van der Waals surface area contributed by atoms with E-state index in [2.05, 4.69) is 32.5 Å². The van der Waals surface area contributed by atoms with Crippen LogP contribution in [0.1, 0.15) is 29.4 Å². The van der Waals surface area contributed by atoms with E-state index in [1.165, 1.54) is 12.1 Å². The minimum atomic E-state index is -1.21. The van der Waals surface area contributed by atoms with Crippen LogP contribution in [-0.2, 0) is 9.59 Å². The van der Waals surface area contributed by atoms with Crippen LogP contribution in [0.15, 0.2) is 18.7 Å². The van der Waals surface area contributed by atoms with Gasteiger partial charge in [-0.1, -0.05) is 18.2 Å². The maximum absolute atomic E-state index is 12.5. The number of nitrogens with one attached hydrogen (secondary N) is 4. The van der Waals surface area contributed by atoms with Crippen molar-refractivity contribution in [1.29, 1.82) is 10.7 Å². The molecule has 1 aromatic carbocycles. The molecule has 15 heteroatoms. The van der Waals surface area contributed by atoms with Gasteiger partial charge < -0.3 is 37.6 Å². The molecule has 178 valence electrons. The molecule has 1 heterocycles. The molecule has 0 fully saturated rings. The number of aliphatic carboxylic acids is 1. The van der Waals surface area contributed by atoms with E-state index in [-0.39, 0.29) is 51.6 Å². The summed E-state index contributed by atoms with van der Waals surface area (Å²) in [6.07, 6.45) is -0.509. The largest absolute Gasteiger partial charge is 0.506 e. The summed E-state index contributed by atoms with van der Waals surface area (Å²) >= 11 is 7.86. The summed E-state index contributed by atoms with van der Waals surface area (Å²) in [5.41, 5.74) is 11.1. The first-order chi connectivity index (χ1) is 15.9. The van der Waals surface area contributed by atoms with Crippen molar-refractivity contribution in [3.8, 4) is 11.8 Å². The smallest absolute Gasteiger partial charge is 0.305 e. The van der Waals surface area contributed by atoms with Crippen molar-refractivity contribution in [3.05, 3.63) is 44.3 Å². The van der Waals surface area contributed by atoms with E-state index >= 15 is 0 Å². The van der Waals surface area contributed by atoms with Gasteiger partial charge >= 0.3 is 5.97 Å². The molecule has 2 rings (SSSR count). The highest BCUT2D eigenvalue weighted by atomic mass is 127. The van der Waals surface area contributed by atoms with Crippen molar-refractivity contribution in [2.24, 2.45) is 5.73 Å². The Morgan fingerprint density at radius 1 is 1.38 bits per heavy atom. The third kappa shape index (κ3) is 6.83. The predicted molar refractivity (Wildman–Crippen MR) is 133 cm³/mol. The number of anilines is 2. The average Bonchev–Trinajstić information content (AvgIpc) is 2.74. The van der Waals surface area contributed by atoms with Gasteiger partial charge in [0, 0.05) is 10.6 Å². The van der Waals surface area contributed by atoms with E-state index in [1.54, 1.807) is 6.07 Å². The molecule has 0 aliphatic rings. The summed E-state index contributed by atoms with van der Waals surface area (Å²) in [4.78, 5) is 31.8. The van der Waals surface area contributed by atoms with Crippen molar-refractivity contribution >= 4 is 69.4 Å². The minimum Gasteiger partial charge on any atom is -0.506 e. The third-order valence-corrected chi connectivity index (χ3v) is 5.22. The number of carbonyl (C=O) groups is 2. The van der Waals surface area contributed by atoms with Crippen LogP contribution >= 0.6 is 34.2 Å². The van der Waals surface area contributed by atoms with Crippen molar-refractivity contribution in [2.45, 2.75) is 12.5 Å². The minimum absolute atomic E-state index is 0.000301. The molecule has 0 spiro atoms. The number of phenolic OH excluding ortho intramolecular Hbond substituents is 1. The monoisotopic (exact) mass is 599 g/mol. The molecule has 0 saturated heterocycles. The number of carboxylic acid groups (broad SMARTS) is 1. The highest BCUT2D eigenvalue weighted by Crippen LogP contribution is 2.34. The number of amides is 1. The summed E-state index contributed by atoms with van der Waals surface area (Å²) in [6, 6.07) is 3.55. The Kier molecular flexibility index (Phi) is 8.81. The van der Waals surface area contributed by atoms with Crippen LogP contribution in [0.4, 0.5) is 11.6 Å². The van der Waals surface area contributed by atoms with Gasteiger partial charge in [0.05, 0.1) is 28.3 Å². The standard InChI is InChI=1S/C19H19ClIN9O4/c1-7(15-17(23)28-12(5-22)18(29-15)30-19(24)25)26-6-13(31)27-11(4-14(32)33)9-2-8(20)3-10(21)16(9)34/h2-3,11,26,34H,1,4,6H2,(H2,23,28)(H,27,31)(H,32,33)(H4,24,25,29,30). The number of halogens is 2. The molecule has 0 bridgehead atoms. The summed E-state index contributed by atoms with van der Waals surface area (Å²) in [5, 5.41) is 43.8. The number of carbonyl (C=O) groups excluding carboxylic acids is 1. The van der Waals surface area contributed by atoms with Crippen molar-refractivity contribution < 1.29 is 19.8 Å². The second-order valence-electron chi connectivity index (χ2n) is 6.68. The molecule has 34 heavy (non-hydrogen) atoms. The van der Waals surface area contributed by atoms with Gasteiger partial charge in [-0.2, -0.15) is 5.26 Å². The van der Waals surface area contributed by atoms with Gasteiger partial charge in [0.25, 0.3) is 0 Å². The molecular weight excluding hydrogens is 581 g/mol. The highest BCUT2D eigenvalue weighted by Gasteiger charge is 2.23. The normalized spacial score (nSPS) is 11.1. The molecule has 1 unspecified atom stereocenters. The SMILES string of the molecule is C=C(NCC(=O)NC(CC(=O)O)c1cc(Cl)cc(I)c1O)c1nc(NC(=N)N)c(C#N)nc1N. The Morgan fingerprint density at radius 3 is 2.65 bits per heavy atom. The Morgan fingerprint density at radius 2 is 2.06 bits per heavy atom. The maximum Gasteiger partial charge on any atom is 0.305 e. The van der Waals surface area contributed by atoms with Gasteiger partial charge in [0.15, 0.2) is 23.3 Å². The van der Waals surface area contributed by atoms with E-state index in [0.717, 1.165) is 0 Å². The van der Waals surface area contributed by atoms with Crippen LogP contribution in [0, 0.1) is 20.3 Å². The number of guanidine groups is 1. The van der Waals surface area contributed by atoms with Crippen LogP contribution < -0.4 is 27.4 Å². The summed E-state index contributed by atoms with van der Waals surface area (Å²) < 4.78 is 0.390. The fourth-order valence-electron chi connectivity index (χ4n) is 2.74. The number of nitrogens with zero attached hydrogens (tertiary/aromatic N) is 3. The van der Waals surface area contributed by atoms with Gasteiger partial charge in [-0.05, 0) is 34.7 Å². The third-order valence-electron chi connectivity index (χ3n) is 4.18. The molecule has 0 radical (unpaired) electrons. The molecule has 1 amide bonds. The van der Waals surface area contributed by atoms with E-state index in [4.69, 9.17) is 33.7 Å². The van der Waals surface area contributed by atoms with E-state index in [0.29, 0.717) is 3.57 Å². The van der Waals surface area contributed by atoms with E-state index in [9.17, 15) is 19.8 Å². The molecule has 13 nitrogen and oxygen atoms in total. The quantitative estimate of drug-likeness (QED) is 0.115. The molecule has 2 aromatic rings.